The van der Waals surface area contributed by atoms with E-state index in [1.807, 2.05) is 26.0 Å². The van der Waals surface area contributed by atoms with Crippen molar-refractivity contribution in [3.8, 4) is 0 Å². The molecular formula is C23H42N7+. The van der Waals surface area contributed by atoms with E-state index in [4.69, 9.17) is 11.5 Å². The molecule has 0 amide bonds. The maximum Gasteiger partial charge on any atom is 0.218 e. The molecule has 1 saturated heterocycles. The van der Waals surface area contributed by atoms with E-state index in [9.17, 15) is 0 Å². The van der Waals surface area contributed by atoms with Gasteiger partial charge in [-0.3, -0.25) is 4.99 Å². The Hall–Kier alpha value is -2.28. The second kappa shape index (κ2) is 11.8. The molecule has 30 heavy (non-hydrogen) atoms. The highest BCUT2D eigenvalue weighted by atomic mass is 15.3. The Kier molecular flexibility index (Phi) is 9.43. The quantitative estimate of drug-likeness (QED) is 0.280. The summed E-state index contributed by atoms with van der Waals surface area (Å²) in [5, 5.41) is 0. The lowest BCUT2D eigenvalue weighted by molar-refractivity contribution is -0.914. The summed E-state index contributed by atoms with van der Waals surface area (Å²) in [6.07, 6.45) is 7.29. The highest BCUT2D eigenvalue weighted by molar-refractivity contribution is 5.93. The average Bonchev–Trinajstić information content (AvgIpc) is 2.71. The van der Waals surface area contributed by atoms with Crippen molar-refractivity contribution in [3.05, 3.63) is 29.8 Å². The molecule has 1 aliphatic heterocycles. The van der Waals surface area contributed by atoms with Gasteiger partial charge in [-0.05, 0) is 56.2 Å². The molecule has 0 saturated carbocycles. The third kappa shape index (κ3) is 8.22. The third-order valence-electron chi connectivity index (χ3n) is 6.06. The van der Waals surface area contributed by atoms with Gasteiger partial charge >= 0.3 is 0 Å². The van der Waals surface area contributed by atoms with Crippen LogP contribution in [0.25, 0.3) is 0 Å². The first kappa shape index (κ1) is 24.0. The van der Waals surface area contributed by atoms with Crippen LogP contribution in [0.5, 0.6) is 0 Å². The summed E-state index contributed by atoms with van der Waals surface area (Å²) in [7, 11) is 8.44. The Labute approximate surface area is 183 Å². The lowest BCUT2D eigenvalue weighted by Crippen LogP contribution is -2.48. The van der Waals surface area contributed by atoms with Crippen LogP contribution in [0, 0.1) is 0 Å². The number of aliphatic imine (C=N–C) groups is 2. The van der Waals surface area contributed by atoms with Crippen molar-refractivity contribution >= 4 is 17.6 Å². The minimum Gasteiger partial charge on any atom is -0.378 e. The summed E-state index contributed by atoms with van der Waals surface area (Å²) in [5.74, 6) is 0.679. The van der Waals surface area contributed by atoms with Crippen LogP contribution >= 0.6 is 0 Å². The smallest absolute Gasteiger partial charge is 0.218 e. The number of piperidine rings is 1. The molecule has 0 bridgehead atoms. The topological polar surface area (TPSA) is 83.2 Å². The van der Waals surface area contributed by atoms with E-state index in [0.29, 0.717) is 12.5 Å². The first-order valence-corrected chi connectivity index (χ1v) is 11.2. The fourth-order valence-electron chi connectivity index (χ4n) is 3.98. The summed E-state index contributed by atoms with van der Waals surface area (Å²) in [5.41, 5.74) is 14.5. The molecular weight excluding hydrogens is 374 g/mol. The SMILES string of the molecule is CN(CCCC[N+]1(C)CCCCC1)C(N)=NC(N)=NCCc1cccc(N(C)C)c1. The fraction of sp³-hybridized carbons (Fsp3) is 0.652. The fourth-order valence-corrected chi connectivity index (χ4v) is 3.98. The molecule has 0 unspecified atom stereocenters. The molecule has 1 heterocycles. The monoisotopic (exact) mass is 416 g/mol. The molecule has 1 aromatic carbocycles. The number of hydrogen-bond acceptors (Lipinski definition) is 2. The van der Waals surface area contributed by atoms with Crippen molar-refractivity contribution in [1.82, 2.24) is 4.90 Å². The Morgan fingerprint density at radius 1 is 1.07 bits per heavy atom. The zero-order chi connectivity index (χ0) is 22.0. The molecule has 0 spiro atoms. The second-order valence-corrected chi connectivity index (χ2v) is 9.00. The molecule has 0 aliphatic carbocycles. The molecule has 0 aromatic heterocycles. The van der Waals surface area contributed by atoms with Crippen LogP contribution in [0.4, 0.5) is 5.69 Å². The number of rotatable bonds is 9. The summed E-state index contributed by atoms with van der Waals surface area (Å²) < 4.78 is 1.23. The van der Waals surface area contributed by atoms with Gasteiger partial charge in [0.2, 0.25) is 5.96 Å². The Morgan fingerprint density at radius 2 is 1.80 bits per heavy atom. The first-order valence-electron chi connectivity index (χ1n) is 11.2. The van der Waals surface area contributed by atoms with Crippen molar-refractivity contribution in [3.63, 3.8) is 0 Å². The van der Waals surface area contributed by atoms with Crippen molar-refractivity contribution in [2.24, 2.45) is 21.5 Å². The predicted octanol–water partition coefficient (Wildman–Crippen LogP) is 2.27. The lowest BCUT2D eigenvalue weighted by atomic mass is 10.1. The van der Waals surface area contributed by atoms with E-state index in [1.54, 1.807) is 0 Å². The zero-order valence-corrected chi connectivity index (χ0v) is 19.5. The van der Waals surface area contributed by atoms with Gasteiger partial charge < -0.3 is 25.8 Å². The van der Waals surface area contributed by atoms with Gasteiger partial charge in [0.15, 0.2) is 5.96 Å². The van der Waals surface area contributed by atoms with Gasteiger partial charge in [-0.25, -0.2) is 0 Å². The van der Waals surface area contributed by atoms with Gasteiger partial charge in [0, 0.05) is 39.9 Å². The summed E-state index contributed by atoms with van der Waals surface area (Å²) in [6.45, 7) is 5.39. The van der Waals surface area contributed by atoms with Gasteiger partial charge in [-0.2, -0.15) is 4.99 Å². The van der Waals surface area contributed by atoms with Crippen LogP contribution in [0.2, 0.25) is 0 Å². The minimum absolute atomic E-state index is 0.245. The molecule has 1 aromatic rings. The van der Waals surface area contributed by atoms with Crippen LogP contribution in [0.3, 0.4) is 0 Å². The van der Waals surface area contributed by atoms with Crippen molar-refractivity contribution in [2.45, 2.75) is 38.5 Å². The van der Waals surface area contributed by atoms with E-state index in [-0.39, 0.29) is 5.96 Å². The number of quaternary nitrogens is 1. The van der Waals surface area contributed by atoms with Crippen molar-refractivity contribution < 1.29 is 4.48 Å². The van der Waals surface area contributed by atoms with Crippen molar-refractivity contribution in [2.75, 3.05) is 65.8 Å². The highest BCUT2D eigenvalue weighted by Crippen LogP contribution is 2.17. The van der Waals surface area contributed by atoms with Gasteiger partial charge in [0.25, 0.3) is 0 Å². The van der Waals surface area contributed by atoms with E-state index in [1.165, 1.54) is 61.1 Å². The Bertz CT molecular complexity index is 705. The number of benzene rings is 1. The number of anilines is 1. The number of nitrogens with zero attached hydrogens (tertiary/aromatic N) is 5. The number of unbranched alkanes of at least 4 members (excludes halogenated alkanes) is 1. The van der Waals surface area contributed by atoms with Crippen LogP contribution in [0.1, 0.15) is 37.7 Å². The Morgan fingerprint density at radius 3 is 2.50 bits per heavy atom. The van der Waals surface area contributed by atoms with Crippen molar-refractivity contribution in [1.29, 1.82) is 0 Å². The van der Waals surface area contributed by atoms with Crippen LogP contribution < -0.4 is 16.4 Å². The summed E-state index contributed by atoms with van der Waals surface area (Å²) in [6, 6.07) is 8.44. The molecule has 1 aliphatic rings. The van der Waals surface area contributed by atoms with E-state index in [2.05, 4.69) is 46.2 Å². The predicted molar refractivity (Wildman–Crippen MR) is 129 cm³/mol. The number of nitrogens with two attached hydrogens (primary N) is 2. The zero-order valence-electron chi connectivity index (χ0n) is 19.5. The molecule has 1 fully saturated rings. The molecule has 7 nitrogen and oxygen atoms in total. The number of likely N-dealkylation sites (tertiary alicyclic amines) is 1. The summed E-state index contributed by atoms with van der Waals surface area (Å²) in [4.78, 5) is 12.7. The standard InChI is InChI=1S/C23H42N7/c1-28(2)21-12-10-11-20(19-21)13-14-26-22(24)27-23(25)29(3)15-6-9-18-30(4)16-7-5-8-17-30/h10-12,19H,5-9,13-18H2,1-4H3,(H4,24,25,26,27)/q+1. The van der Waals surface area contributed by atoms with Gasteiger partial charge in [-0.1, -0.05) is 12.1 Å². The number of guanidine groups is 2. The largest absolute Gasteiger partial charge is 0.378 e. The molecule has 4 N–H and O–H groups in total. The normalized spacial score (nSPS) is 17.1. The Balaban J connectivity index is 1.72. The van der Waals surface area contributed by atoms with E-state index in [0.717, 1.165) is 19.4 Å². The molecule has 168 valence electrons. The molecule has 0 atom stereocenters. The summed E-state index contributed by atoms with van der Waals surface area (Å²) >= 11 is 0. The third-order valence-corrected chi connectivity index (χ3v) is 6.06. The van der Waals surface area contributed by atoms with Gasteiger partial charge in [0.1, 0.15) is 0 Å². The van der Waals surface area contributed by atoms with Crippen LogP contribution in [-0.2, 0) is 6.42 Å². The van der Waals surface area contributed by atoms with Gasteiger partial charge in [0.05, 0.1) is 26.7 Å². The minimum atomic E-state index is 0.245. The van der Waals surface area contributed by atoms with Crippen LogP contribution in [-0.4, -0.2) is 82.2 Å². The lowest BCUT2D eigenvalue weighted by Gasteiger charge is -2.38. The van der Waals surface area contributed by atoms with E-state index < -0.39 is 0 Å². The average molecular weight is 417 g/mol. The highest BCUT2D eigenvalue weighted by Gasteiger charge is 2.23. The van der Waals surface area contributed by atoms with Crippen LogP contribution in [0.15, 0.2) is 34.3 Å². The maximum absolute atomic E-state index is 6.11. The number of hydrogen-bond donors (Lipinski definition) is 2. The first-order chi connectivity index (χ1) is 14.3. The molecule has 2 rings (SSSR count). The van der Waals surface area contributed by atoms with E-state index >= 15 is 0 Å². The second-order valence-electron chi connectivity index (χ2n) is 9.00. The van der Waals surface area contributed by atoms with Gasteiger partial charge in [-0.15, -0.1) is 0 Å². The maximum atomic E-state index is 6.11. The molecule has 0 radical (unpaired) electrons. The molecule has 7 heteroatoms.